The van der Waals surface area contributed by atoms with Gasteiger partial charge in [0.2, 0.25) is 5.91 Å². The number of alkyl halides is 1. The number of carbonyl (C=O) groups excluding carboxylic acids is 1. The van der Waals surface area contributed by atoms with E-state index in [1.807, 2.05) is 13.8 Å². The van der Waals surface area contributed by atoms with Gasteiger partial charge in [-0.15, -0.1) is 0 Å². The molecule has 5 heterocycles. The predicted octanol–water partition coefficient (Wildman–Crippen LogP) is 7.15. The molecule has 0 saturated carbocycles. The van der Waals surface area contributed by atoms with Gasteiger partial charge in [-0.3, -0.25) is 32.8 Å². The molecule has 66 heavy (non-hydrogen) atoms. The third-order valence-electron chi connectivity index (χ3n) is 12.2. The van der Waals surface area contributed by atoms with Crippen LogP contribution >= 0.6 is 7.82 Å². The van der Waals surface area contributed by atoms with Crippen molar-refractivity contribution >= 4 is 30.7 Å². The number of phosphoric ester groups is 1. The molecule has 0 aromatic carbocycles. The normalized spacial score (nSPS) is 24.2. The molecule has 372 valence electrons. The van der Waals surface area contributed by atoms with E-state index in [0.29, 0.717) is 17.6 Å². The van der Waals surface area contributed by atoms with E-state index >= 15 is 4.39 Å². The predicted molar refractivity (Wildman–Crippen MR) is 246 cm³/mol. The summed E-state index contributed by atoms with van der Waals surface area (Å²) in [6.07, 6.45) is 11.2. The summed E-state index contributed by atoms with van der Waals surface area (Å²) >= 11 is 0. The maximum Gasteiger partial charge on any atom is 0.472 e. The van der Waals surface area contributed by atoms with Crippen molar-refractivity contribution in [2.24, 2.45) is 5.92 Å². The highest BCUT2D eigenvalue weighted by Crippen LogP contribution is 2.50. The van der Waals surface area contributed by atoms with Gasteiger partial charge < -0.3 is 34.5 Å². The number of fused-ring (bicyclic) bond motifs is 1. The van der Waals surface area contributed by atoms with Gasteiger partial charge in [0.05, 0.1) is 31.2 Å². The second-order valence-electron chi connectivity index (χ2n) is 18.1. The summed E-state index contributed by atoms with van der Waals surface area (Å²) in [5.74, 6) is -0.720. The van der Waals surface area contributed by atoms with Crippen molar-refractivity contribution in [1.82, 2.24) is 34.0 Å². The number of halogens is 1. The molecule has 5 rings (SSSR count). The summed E-state index contributed by atoms with van der Waals surface area (Å²) in [5, 5.41) is 0. The molecule has 21 heteroatoms. The van der Waals surface area contributed by atoms with Crippen molar-refractivity contribution in [1.29, 1.82) is 0 Å². The zero-order chi connectivity index (χ0) is 47.8. The average Bonchev–Trinajstić information content (AvgIpc) is 3.93. The minimum Gasteiger partial charge on any atom is -0.382 e. The lowest BCUT2D eigenvalue weighted by molar-refractivity contribution is -0.137. The van der Waals surface area contributed by atoms with Crippen molar-refractivity contribution in [2.75, 3.05) is 32.5 Å². The van der Waals surface area contributed by atoms with Gasteiger partial charge in [0, 0.05) is 44.8 Å². The Morgan fingerprint density at radius 2 is 1.52 bits per heavy atom. The van der Waals surface area contributed by atoms with Gasteiger partial charge in [0.15, 0.2) is 30.1 Å². The highest BCUT2D eigenvalue weighted by Gasteiger charge is 2.52. The first-order chi connectivity index (χ1) is 31.6. The van der Waals surface area contributed by atoms with Crippen molar-refractivity contribution in [3.05, 3.63) is 45.8 Å². The first kappa shape index (κ1) is 53.3. The Labute approximate surface area is 387 Å². The molecule has 0 spiro atoms. The molecule has 2 aliphatic rings. The Balaban J connectivity index is 1.34. The van der Waals surface area contributed by atoms with Gasteiger partial charge >= 0.3 is 13.5 Å². The molecule has 2 saturated heterocycles. The molecule has 0 bridgehead atoms. The molecule has 0 radical (unpaired) electrons. The molecule has 0 aliphatic carbocycles. The van der Waals surface area contributed by atoms with Crippen LogP contribution in [0.15, 0.2) is 34.5 Å². The number of nitrogen functional groups attached to an aromatic ring is 1. The number of amides is 1. The van der Waals surface area contributed by atoms with Crippen LogP contribution in [0.1, 0.15) is 150 Å². The van der Waals surface area contributed by atoms with Gasteiger partial charge in [-0.1, -0.05) is 96.8 Å². The number of rotatable bonds is 30. The highest BCUT2D eigenvalue weighted by atomic mass is 31.2. The molecule has 3 aromatic heterocycles. The number of nitrogens with one attached hydrogen (secondary N) is 1. The first-order valence-corrected chi connectivity index (χ1v) is 25.4. The molecular formula is C45H74FN8O11P. The average molecular weight is 953 g/mol. The van der Waals surface area contributed by atoms with E-state index in [1.54, 1.807) is 9.47 Å². The number of carbonyl (C=O) groups is 1. The van der Waals surface area contributed by atoms with Crippen LogP contribution in [-0.4, -0.2) is 114 Å². The Morgan fingerprint density at radius 3 is 2.11 bits per heavy atom. The largest absolute Gasteiger partial charge is 0.472 e. The van der Waals surface area contributed by atoms with Crippen LogP contribution in [0, 0.1) is 5.92 Å². The fourth-order valence-corrected chi connectivity index (χ4v) is 10.00. The number of hydrogen-bond donors (Lipinski definition) is 3. The first-order valence-electron chi connectivity index (χ1n) is 23.9. The number of phosphoric acid groups is 1. The quantitative estimate of drug-likeness (QED) is 0.0444. The van der Waals surface area contributed by atoms with Crippen LogP contribution in [0.5, 0.6) is 0 Å². The van der Waals surface area contributed by atoms with Crippen molar-refractivity contribution in [3.63, 3.8) is 0 Å². The highest BCUT2D eigenvalue weighted by molar-refractivity contribution is 7.47. The van der Waals surface area contributed by atoms with Crippen molar-refractivity contribution < 1.29 is 46.6 Å². The zero-order valence-electron chi connectivity index (χ0n) is 39.6. The summed E-state index contributed by atoms with van der Waals surface area (Å²) in [6.45, 7) is 9.17. The van der Waals surface area contributed by atoms with E-state index in [9.17, 15) is 23.8 Å². The van der Waals surface area contributed by atoms with Gasteiger partial charge in [-0.2, -0.15) is 0 Å². The number of aromatic nitrogens is 6. The van der Waals surface area contributed by atoms with Crippen LogP contribution in [0.2, 0.25) is 0 Å². The third-order valence-corrected chi connectivity index (χ3v) is 13.4. The molecule has 19 nitrogen and oxygen atoms in total. The molecule has 9 atom stereocenters. The molecule has 2 aliphatic heterocycles. The Morgan fingerprint density at radius 1 is 0.894 bits per heavy atom. The number of H-pyrrole nitrogens is 1. The van der Waals surface area contributed by atoms with Crippen molar-refractivity contribution in [2.45, 2.75) is 193 Å². The maximum absolute atomic E-state index is 16.6. The number of methoxy groups -OCH3 is 1. The zero-order valence-corrected chi connectivity index (χ0v) is 40.5. The summed E-state index contributed by atoms with van der Waals surface area (Å²) in [5.41, 5.74) is 5.24. The Kier molecular flexibility index (Phi) is 21.2. The fraction of sp³-hybridized carbons (Fsp3) is 0.778. The third kappa shape index (κ3) is 15.2. The van der Waals surface area contributed by atoms with Crippen molar-refractivity contribution in [3.8, 4) is 0 Å². The van der Waals surface area contributed by atoms with Gasteiger partial charge in [0.25, 0.3) is 5.56 Å². The summed E-state index contributed by atoms with van der Waals surface area (Å²) in [7, 11) is -3.35. The van der Waals surface area contributed by atoms with Crippen LogP contribution < -0.4 is 17.0 Å². The minimum absolute atomic E-state index is 0.0985. The lowest BCUT2D eigenvalue weighted by Gasteiger charge is -2.31. The van der Waals surface area contributed by atoms with Gasteiger partial charge in [0.1, 0.15) is 30.2 Å². The molecular weight excluding hydrogens is 879 g/mol. The van der Waals surface area contributed by atoms with Gasteiger partial charge in [-0.05, 0) is 34.1 Å². The summed E-state index contributed by atoms with van der Waals surface area (Å²) in [6, 6.07) is 1.03. The number of ether oxygens (including phenoxy) is 4. The molecule has 4 N–H and O–H groups in total. The molecule has 2 fully saturated rings. The van der Waals surface area contributed by atoms with E-state index in [1.165, 1.54) is 97.8 Å². The summed E-state index contributed by atoms with van der Waals surface area (Å²) in [4.78, 5) is 66.8. The molecule has 3 aromatic rings. The molecule has 1 unspecified atom stereocenters. The lowest BCUT2D eigenvalue weighted by Crippen LogP contribution is -2.45. The Bertz CT molecular complexity index is 2110. The van der Waals surface area contributed by atoms with E-state index in [4.69, 9.17) is 33.7 Å². The number of imidazole rings is 1. The standard InChI is InChI=1S/C45H74FN8O11P/c1-7-8-9-10-11-12-13-14-15-16-17-18-19-20-21-23-52(26-33-40(65-66(58,59)64-31(4)5)37(46)43(62-33)53-24-22-35(55)51-45(53)57)36(56)25-32-34(27-61-30(2)3)63-44(39(32)60-6)54-29-50-38-41(47)48-28-49-42(38)54/h22,24,28-34,37,39-40,43-44H,7-21,23,25-27H2,1-6H3,(H,58,59)(H2,47,48,49)(H,51,55,57)/t32-,33-,34-,37-,39-,40-,43-,44-/m1/s1. The smallest absolute Gasteiger partial charge is 0.382 e. The van der Waals surface area contributed by atoms with Crippen LogP contribution in [0.4, 0.5) is 10.2 Å². The second kappa shape index (κ2) is 26.2. The van der Waals surface area contributed by atoms with Gasteiger partial charge in [-0.25, -0.2) is 28.7 Å². The van der Waals surface area contributed by atoms with E-state index in [-0.39, 0.29) is 43.9 Å². The number of nitrogens with two attached hydrogens (primary N) is 1. The van der Waals surface area contributed by atoms with E-state index in [2.05, 4.69) is 26.9 Å². The SMILES string of the molecule is CCCCCCCCCCCCCCCCCN(C[C@H]1O[C@@H](n2ccc(=O)[nH]c2=O)[C@H](F)[C@@H]1OP(=O)(O)OC(C)C)C(=O)C[C@H]1[C@@H](OC)[C@H](n2cnc3c(N)ncnc32)O[C@@H]1COC(C)C. The number of nitrogens with zero attached hydrogens (tertiary/aromatic N) is 6. The van der Waals surface area contributed by atoms with E-state index in [0.717, 1.165) is 42.5 Å². The Hall–Kier alpha value is -3.62. The second-order valence-corrected chi connectivity index (χ2v) is 19.5. The lowest BCUT2D eigenvalue weighted by atomic mass is 9.93. The summed E-state index contributed by atoms with van der Waals surface area (Å²) < 4.78 is 67.7. The number of hydrogen-bond acceptors (Lipinski definition) is 14. The maximum atomic E-state index is 16.6. The van der Waals surface area contributed by atoms with Crippen LogP contribution in [0.25, 0.3) is 11.2 Å². The fourth-order valence-electron chi connectivity index (χ4n) is 8.85. The topological polar surface area (TPSA) is 237 Å². The monoisotopic (exact) mass is 953 g/mol. The van der Waals surface area contributed by atoms with E-state index < -0.39 is 74.1 Å². The van der Waals surface area contributed by atoms with Crippen LogP contribution in [0.3, 0.4) is 0 Å². The molecule has 1 amide bonds. The minimum atomic E-state index is -4.88. The number of unbranched alkanes of at least 4 members (excludes halogenated alkanes) is 14. The number of aromatic amines is 1. The van der Waals surface area contributed by atoms with Crippen LogP contribution in [-0.2, 0) is 37.4 Å². The number of anilines is 1.